The fraction of sp³-hybridized carbons (Fsp3) is 0.400. The lowest BCUT2D eigenvalue weighted by molar-refractivity contribution is 0.0535. The van der Waals surface area contributed by atoms with Crippen molar-refractivity contribution in [2.75, 3.05) is 12.8 Å². The summed E-state index contributed by atoms with van der Waals surface area (Å²) in [7, 11) is 1.64. The smallest absolute Gasteiger partial charge is 0.341 e. The van der Waals surface area contributed by atoms with Crippen LogP contribution in [0.4, 0.5) is 5.69 Å². The van der Waals surface area contributed by atoms with E-state index in [4.69, 9.17) is 15.2 Å². The number of methoxy groups -OCH3 is 1. The largest absolute Gasteiger partial charge is 0.496 e. The lowest BCUT2D eigenvalue weighted by Crippen LogP contribution is -2.10. The summed E-state index contributed by atoms with van der Waals surface area (Å²) in [5.41, 5.74) is 9.96. The Morgan fingerprint density at radius 2 is 2.32 bits per heavy atom. The van der Waals surface area contributed by atoms with Crippen molar-refractivity contribution in [1.29, 1.82) is 0 Å². The Bertz CT molecular complexity index is 590. The number of cyclic esters (lactones) is 1. The SMILES string of the molecule is COc1c(C)c2c(c(N)c1[C@@H]1C=[C]CC1)C(=O)OC2. The highest BCUT2D eigenvalue weighted by Gasteiger charge is 2.33. The van der Waals surface area contributed by atoms with Crippen molar-refractivity contribution in [3.05, 3.63) is 34.4 Å². The van der Waals surface area contributed by atoms with Crippen LogP contribution in [-0.4, -0.2) is 13.1 Å². The molecule has 19 heavy (non-hydrogen) atoms. The molecule has 0 amide bonds. The molecular weight excluding hydrogens is 242 g/mol. The molecule has 0 bridgehead atoms. The number of rotatable bonds is 2. The first-order valence-electron chi connectivity index (χ1n) is 6.37. The highest BCUT2D eigenvalue weighted by molar-refractivity contribution is 6.01. The molecule has 3 rings (SSSR count). The third-order valence-corrected chi connectivity index (χ3v) is 3.94. The number of carbonyl (C=O) groups is 1. The Kier molecular flexibility index (Phi) is 2.73. The zero-order valence-electron chi connectivity index (χ0n) is 11.1. The molecule has 0 fully saturated rings. The van der Waals surface area contributed by atoms with Crippen LogP contribution >= 0.6 is 0 Å². The molecular formula is C15H16NO3. The third-order valence-electron chi connectivity index (χ3n) is 3.94. The molecule has 1 aromatic carbocycles. The number of allylic oxidation sites excluding steroid dienone is 2. The average molecular weight is 258 g/mol. The monoisotopic (exact) mass is 258 g/mol. The Morgan fingerprint density at radius 1 is 1.53 bits per heavy atom. The van der Waals surface area contributed by atoms with Gasteiger partial charge in [-0.3, -0.25) is 0 Å². The molecule has 1 atom stereocenters. The van der Waals surface area contributed by atoms with Gasteiger partial charge in [0.1, 0.15) is 12.4 Å². The summed E-state index contributed by atoms with van der Waals surface area (Å²) in [6, 6.07) is 0. The molecule has 4 nitrogen and oxygen atoms in total. The molecule has 1 radical (unpaired) electrons. The number of carbonyl (C=O) groups excluding carboxylic acids is 1. The van der Waals surface area contributed by atoms with E-state index in [9.17, 15) is 4.79 Å². The van der Waals surface area contributed by atoms with Crippen LogP contribution < -0.4 is 10.5 Å². The molecule has 0 aromatic heterocycles. The van der Waals surface area contributed by atoms with Crippen LogP contribution in [0.2, 0.25) is 0 Å². The number of esters is 1. The van der Waals surface area contributed by atoms with Gasteiger partial charge in [0.05, 0.1) is 18.4 Å². The molecule has 1 aliphatic heterocycles. The van der Waals surface area contributed by atoms with Gasteiger partial charge in [-0.2, -0.15) is 0 Å². The first-order valence-corrected chi connectivity index (χ1v) is 6.37. The van der Waals surface area contributed by atoms with E-state index in [0.29, 0.717) is 11.3 Å². The first-order chi connectivity index (χ1) is 9.15. The molecule has 1 heterocycles. The van der Waals surface area contributed by atoms with Gasteiger partial charge in [0, 0.05) is 17.0 Å². The second-order valence-corrected chi connectivity index (χ2v) is 4.93. The first kappa shape index (κ1) is 12.1. The summed E-state index contributed by atoms with van der Waals surface area (Å²) in [5, 5.41) is 0. The van der Waals surface area contributed by atoms with E-state index < -0.39 is 0 Å². The van der Waals surface area contributed by atoms with Gasteiger partial charge in [0.2, 0.25) is 0 Å². The Hall–Kier alpha value is -1.97. The topological polar surface area (TPSA) is 61.5 Å². The van der Waals surface area contributed by atoms with Crippen molar-refractivity contribution in [2.24, 2.45) is 0 Å². The molecule has 99 valence electrons. The molecule has 0 unspecified atom stereocenters. The van der Waals surface area contributed by atoms with E-state index in [0.717, 1.165) is 35.3 Å². The number of ether oxygens (including phenoxy) is 2. The van der Waals surface area contributed by atoms with Gasteiger partial charge in [-0.15, -0.1) is 0 Å². The minimum atomic E-state index is -0.328. The second-order valence-electron chi connectivity index (χ2n) is 4.93. The van der Waals surface area contributed by atoms with Gasteiger partial charge in [-0.1, -0.05) is 6.08 Å². The number of nitrogens with two attached hydrogens (primary N) is 1. The summed E-state index contributed by atoms with van der Waals surface area (Å²) in [5.74, 6) is 0.623. The van der Waals surface area contributed by atoms with Gasteiger partial charge in [-0.05, 0) is 31.4 Å². The van der Waals surface area contributed by atoms with Crippen LogP contribution in [0.3, 0.4) is 0 Å². The van der Waals surface area contributed by atoms with Crippen LogP contribution in [0.25, 0.3) is 0 Å². The van der Waals surface area contributed by atoms with Crippen molar-refractivity contribution in [1.82, 2.24) is 0 Å². The molecule has 0 saturated carbocycles. The third kappa shape index (κ3) is 1.63. The van der Waals surface area contributed by atoms with Gasteiger partial charge in [0.15, 0.2) is 0 Å². The number of hydrogen-bond acceptors (Lipinski definition) is 4. The Morgan fingerprint density at radius 3 is 2.95 bits per heavy atom. The van der Waals surface area contributed by atoms with Crippen LogP contribution in [-0.2, 0) is 11.3 Å². The molecule has 2 aliphatic rings. The van der Waals surface area contributed by atoms with Crippen molar-refractivity contribution in [3.8, 4) is 5.75 Å². The fourth-order valence-corrected chi connectivity index (χ4v) is 2.98. The van der Waals surface area contributed by atoms with Crippen molar-refractivity contribution < 1.29 is 14.3 Å². The zero-order valence-corrected chi connectivity index (χ0v) is 11.1. The summed E-state index contributed by atoms with van der Waals surface area (Å²) in [6.07, 6.45) is 7.07. The van der Waals surface area contributed by atoms with Crippen LogP contribution in [0.5, 0.6) is 5.75 Å². The molecule has 1 aliphatic carbocycles. The minimum absolute atomic E-state index is 0.173. The van der Waals surface area contributed by atoms with Crippen molar-refractivity contribution in [3.63, 3.8) is 0 Å². The maximum absolute atomic E-state index is 11.8. The summed E-state index contributed by atoms with van der Waals surface area (Å²) in [6.45, 7) is 2.23. The zero-order chi connectivity index (χ0) is 13.6. The standard InChI is InChI=1S/C15H16NO3/c1-8-10-7-19-15(17)12(10)13(16)11(14(8)18-2)9-5-3-4-6-9/h6,9H,3,5,7,16H2,1-2H3/t9-/m0/s1. The normalized spacial score (nSPS) is 20.5. The lowest BCUT2D eigenvalue weighted by Gasteiger charge is -2.20. The number of fused-ring (bicyclic) bond motifs is 1. The van der Waals surface area contributed by atoms with Crippen LogP contribution in [0.1, 0.15) is 45.8 Å². The Labute approximate surface area is 112 Å². The van der Waals surface area contributed by atoms with Gasteiger partial charge >= 0.3 is 5.97 Å². The average Bonchev–Trinajstić information content (AvgIpc) is 3.03. The Balaban J connectivity index is 2.28. The van der Waals surface area contributed by atoms with E-state index in [2.05, 4.69) is 6.08 Å². The summed E-state index contributed by atoms with van der Waals surface area (Å²) in [4.78, 5) is 11.8. The maximum atomic E-state index is 11.8. The van der Waals surface area contributed by atoms with E-state index in [-0.39, 0.29) is 18.5 Å². The molecule has 0 spiro atoms. The van der Waals surface area contributed by atoms with Crippen LogP contribution in [0.15, 0.2) is 6.08 Å². The van der Waals surface area contributed by atoms with E-state index in [1.165, 1.54) is 0 Å². The summed E-state index contributed by atoms with van der Waals surface area (Å²) >= 11 is 0. The highest BCUT2D eigenvalue weighted by Crippen LogP contribution is 2.45. The highest BCUT2D eigenvalue weighted by atomic mass is 16.5. The van der Waals surface area contributed by atoms with E-state index >= 15 is 0 Å². The van der Waals surface area contributed by atoms with Gasteiger partial charge < -0.3 is 15.2 Å². The van der Waals surface area contributed by atoms with Crippen LogP contribution in [0, 0.1) is 13.0 Å². The van der Waals surface area contributed by atoms with Gasteiger partial charge in [-0.25, -0.2) is 4.79 Å². The lowest BCUT2D eigenvalue weighted by atomic mass is 9.88. The quantitative estimate of drug-likeness (QED) is 0.654. The predicted octanol–water partition coefficient (Wildman–Crippen LogP) is 2.49. The predicted molar refractivity (Wildman–Crippen MR) is 71.1 cm³/mol. The number of benzene rings is 1. The number of anilines is 1. The molecule has 2 N–H and O–H groups in total. The van der Waals surface area contributed by atoms with Crippen molar-refractivity contribution >= 4 is 11.7 Å². The van der Waals surface area contributed by atoms with Crippen molar-refractivity contribution in [2.45, 2.75) is 32.3 Å². The molecule has 0 saturated heterocycles. The maximum Gasteiger partial charge on any atom is 0.341 e. The van der Waals surface area contributed by atoms with Gasteiger partial charge in [0.25, 0.3) is 0 Å². The van der Waals surface area contributed by atoms with E-state index in [1.807, 2.05) is 13.0 Å². The molecule has 4 heteroatoms. The minimum Gasteiger partial charge on any atom is -0.496 e. The number of nitrogen functional groups attached to an aromatic ring is 1. The summed E-state index contributed by atoms with van der Waals surface area (Å²) < 4.78 is 10.6. The number of hydrogen-bond donors (Lipinski definition) is 1. The molecule has 1 aromatic rings. The van der Waals surface area contributed by atoms with E-state index in [1.54, 1.807) is 7.11 Å². The second kappa shape index (κ2) is 4.30. The fourth-order valence-electron chi connectivity index (χ4n) is 2.98.